The van der Waals surface area contributed by atoms with Crippen LogP contribution in [0.25, 0.3) is 76.8 Å². The minimum Gasteiger partial charge on any atom is -0.0656 e. The number of hydrogen-bond donors (Lipinski definition) is 0. The maximum atomic E-state index is 2.56. The molecule has 54 heavy (non-hydrogen) atoms. The normalized spacial score (nSPS) is 12.4. The van der Waals surface area contributed by atoms with Gasteiger partial charge in [-0.1, -0.05) is 180 Å². The predicted octanol–water partition coefficient (Wildman–Crippen LogP) is 14.2. The standard InChI is InChI=1S/C52H54Si2/c1-31-17-32(2)21-37(20-31)47-29-48(38-22-33(3)18-34(4)23-38)44-15-16-46-50(40-26-41(53(7,8)9)28-42(27-40)54(10,11)12)30-49(39-24-35(5)19-36(6)25-39)45-14-13-43(47)51(44)52(45)46/h13-30H,1-12H3. The van der Waals surface area contributed by atoms with E-state index in [4.69, 9.17) is 0 Å². The van der Waals surface area contributed by atoms with Crippen LogP contribution in [0.3, 0.4) is 0 Å². The van der Waals surface area contributed by atoms with Crippen LogP contribution in [0.1, 0.15) is 33.4 Å². The van der Waals surface area contributed by atoms with Crippen molar-refractivity contribution in [2.45, 2.75) is 80.8 Å². The molecule has 2 heteroatoms. The fourth-order valence-corrected chi connectivity index (χ4v) is 11.5. The molecule has 0 aliphatic heterocycles. The van der Waals surface area contributed by atoms with Crippen molar-refractivity contribution in [2.75, 3.05) is 0 Å². The van der Waals surface area contributed by atoms with Gasteiger partial charge in [-0.2, -0.15) is 0 Å². The monoisotopic (exact) mass is 734 g/mol. The van der Waals surface area contributed by atoms with Crippen LogP contribution in [0.5, 0.6) is 0 Å². The third kappa shape index (κ3) is 6.44. The highest BCUT2D eigenvalue weighted by Gasteiger charge is 2.26. The van der Waals surface area contributed by atoms with Gasteiger partial charge in [-0.05, 0) is 131 Å². The maximum absolute atomic E-state index is 2.56. The van der Waals surface area contributed by atoms with Gasteiger partial charge in [-0.3, -0.25) is 0 Å². The number of aryl methyl sites for hydroxylation is 6. The summed E-state index contributed by atoms with van der Waals surface area (Å²) in [7, 11) is -3.24. The molecular weight excluding hydrogens is 681 g/mol. The van der Waals surface area contributed by atoms with Crippen molar-refractivity contribution in [3.05, 3.63) is 143 Å². The van der Waals surface area contributed by atoms with Gasteiger partial charge in [0.25, 0.3) is 0 Å². The van der Waals surface area contributed by atoms with Crippen molar-refractivity contribution in [3.8, 4) is 44.5 Å². The molecule has 0 saturated heterocycles. The first-order valence-electron chi connectivity index (χ1n) is 19.7. The molecule has 0 amide bonds. The van der Waals surface area contributed by atoms with Crippen molar-refractivity contribution >= 4 is 58.8 Å². The van der Waals surface area contributed by atoms with E-state index in [-0.39, 0.29) is 0 Å². The molecule has 8 aromatic rings. The quantitative estimate of drug-likeness (QED) is 0.118. The molecule has 0 bridgehead atoms. The minimum atomic E-state index is -1.62. The lowest BCUT2D eigenvalue weighted by atomic mass is 9.81. The average molecular weight is 735 g/mol. The topological polar surface area (TPSA) is 0 Å². The molecule has 0 fully saturated rings. The Balaban J connectivity index is 1.60. The Labute approximate surface area is 325 Å². The van der Waals surface area contributed by atoms with Crippen molar-refractivity contribution < 1.29 is 0 Å². The summed E-state index contributed by atoms with van der Waals surface area (Å²) in [5.74, 6) is 0. The molecule has 270 valence electrons. The van der Waals surface area contributed by atoms with Crippen LogP contribution in [0.4, 0.5) is 0 Å². The van der Waals surface area contributed by atoms with E-state index in [2.05, 4.69) is 190 Å². The van der Waals surface area contributed by atoms with Crippen molar-refractivity contribution in [3.63, 3.8) is 0 Å². The number of hydrogen-bond acceptors (Lipinski definition) is 0. The van der Waals surface area contributed by atoms with Crippen molar-refractivity contribution in [1.29, 1.82) is 0 Å². The molecule has 8 aromatic carbocycles. The minimum absolute atomic E-state index is 1.29. The van der Waals surface area contributed by atoms with Crippen LogP contribution in [-0.4, -0.2) is 16.1 Å². The third-order valence-electron chi connectivity index (χ3n) is 11.5. The molecule has 0 aliphatic rings. The highest BCUT2D eigenvalue weighted by Crippen LogP contribution is 2.49. The zero-order valence-corrected chi connectivity index (χ0v) is 36.4. The second kappa shape index (κ2) is 12.9. The molecule has 0 nitrogen and oxygen atoms in total. The molecule has 0 aliphatic carbocycles. The fourth-order valence-electron chi connectivity index (χ4n) is 8.99. The Morgan fingerprint density at radius 3 is 0.759 bits per heavy atom. The van der Waals surface area contributed by atoms with E-state index >= 15 is 0 Å². The molecule has 0 N–H and O–H groups in total. The van der Waals surface area contributed by atoms with E-state index in [1.165, 1.54) is 110 Å². The highest BCUT2D eigenvalue weighted by molar-refractivity contribution is 6.91. The molecule has 0 spiro atoms. The van der Waals surface area contributed by atoms with Crippen molar-refractivity contribution in [1.82, 2.24) is 0 Å². The van der Waals surface area contributed by atoms with Gasteiger partial charge in [0.05, 0.1) is 16.1 Å². The maximum Gasteiger partial charge on any atom is 0.0776 e. The van der Waals surface area contributed by atoms with E-state index in [0.717, 1.165) is 0 Å². The fraction of sp³-hybridized carbons (Fsp3) is 0.231. The van der Waals surface area contributed by atoms with E-state index < -0.39 is 16.1 Å². The van der Waals surface area contributed by atoms with Crippen LogP contribution < -0.4 is 10.4 Å². The lowest BCUT2D eigenvalue weighted by Gasteiger charge is -2.26. The molecule has 0 saturated carbocycles. The lowest BCUT2D eigenvalue weighted by Crippen LogP contribution is -2.45. The summed E-state index contributed by atoms with van der Waals surface area (Å²) in [6, 6.07) is 43.5. The van der Waals surface area contributed by atoms with Gasteiger partial charge in [-0.25, -0.2) is 0 Å². The summed E-state index contributed by atoms with van der Waals surface area (Å²) in [4.78, 5) is 0. The van der Waals surface area contributed by atoms with Gasteiger partial charge in [0.15, 0.2) is 0 Å². The van der Waals surface area contributed by atoms with Gasteiger partial charge >= 0.3 is 0 Å². The summed E-state index contributed by atoms with van der Waals surface area (Å²) in [6.45, 7) is 28.3. The van der Waals surface area contributed by atoms with Crippen molar-refractivity contribution in [2.24, 2.45) is 0 Å². The van der Waals surface area contributed by atoms with E-state index in [1.54, 1.807) is 10.4 Å². The Bertz CT molecular complexity index is 2620. The van der Waals surface area contributed by atoms with Crippen LogP contribution in [0.15, 0.2) is 109 Å². The van der Waals surface area contributed by atoms with Crippen LogP contribution >= 0.6 is 0 Å². The number of rotatable bonds is 6. The van der Waals surface area contributed by atoms with Gasteiger partial charge < -0.3 is 0 Å². The molecule has 0 unspecified atom stereocenters. The second-order valence-corrected chi connectivity index (χ2v) is 28.6. The summed E-state index contributed by atoms with van der Waals surface area (Å²) < 4.78 is 0. The van der Waals surface area contributed by atoms with E-state index in [0.29, 0.717) is 0 Å². The Morgan fingerprint density at radius 1 is 0.278 bits per heavy atom. The molecule has 0 aromatic heterocycles. The highest BCUT2D eigenvalue weighted by atomic mass is 28.3. The second-order valence-electron chi connectivity index (χ2n) is 18.4. The average Bonchev–Trinajstić information content (AvgIpc) is 3.07. The largest absolute Gasteiger partial charge is 0.0776 e. The van der Waals surface area contributed by atoms with Gasteiger partial charge in [0.2, 0.25) is 0 Å². The van der Waals surface area contributed by atoms with Gasteiger partial charge in [0, 0.05) is 0 Å². The van der Waals surface area contributed by atoms with E-state index in [1.807, 2.05) is 0 Å². The molecule has 8 rings (SSSR count). The molecule has 0 heterocycles. The zero-order chi connectivity index (χ0) is 38.4. The molecule has 0 radical (unpaired) electrons. The van der Waals surface area contributed by atoms with Crippen LogP contribution in [0.2, 0.25) is 39.3 Å². The zero-order valence-electron chi connectivity index (χ0n) is 34.4. The summed E-state index contributed by atoms with van der Waals surface area (Å²) in [6.07, 6.45) is 0. The molecule has 0 atom stereocenters. The Morgan fingerprint density at radius 2 is 0.519 bits per heavy atom. The molecular formula is C52H54Si2. The SMILES string of the molecule is Cc1cc(C)cc(-c2cc(-c3cc(C)cc(C)c3)c3ccc4c(-c5cc([Si](C)(C)C)cc([Si](C)(C)C)c5)cc(-c5cc(C)cc(C)c5)c5ccc2c3c54)c1. The number of benzene rings is 8. The first-order chi connectivity index (χ1) is 25.4. The summed E-state index contributed by atoms with van der Waals surface area (Å²) in [5.41, 5.74) is 18.3. The third-order valence-corrected chi connectivity index (χ3v) is 15.5. The van der Waals surface area contributed by atoms with Gasteiger partial charge in [-0.15, -0.1) is 0 Å². The van der Waals surface area contributed by atoms with E-state index in [9.17, 15) is 0 Å². The lowest BCUT2D eigenvalue weighted by molar-refractivity contribution is 1.38. The Hall–Kier alpha value is -4.77. The Kier molecular flexibility index (Phi) is 8.67. The van der Waals surface area contributed by atoms with Crippen LogP contribution in [0, 0.1) is 41.5 Å². The first kappa shape index (κ1) is 36.2. The van der Waals surface area contributed by atoms with Gasteiger partial charge in [0.1, 0.15) is 0 Å². The summed E-state index contributed by atoms with van der Waals surface area (Å²) >= 11 is 0. The smallest absolute Gasteiger partial charge is 0.0656 e. The first-order valence-corrected chi connectivity index (χ1v) is 26.7. The predicted molar refractivity (Wildman–Crippen MR) is 246 cm³/mol. The van der Waals surface area contributed by atoms with Crippen LogP contribution in [-0.2, 0) is 0 Å². The summed E-state index contributed by atoms with van der Waals surface area (Å²) in [5, 5.41) is 11.2.